The van der Waals surface area contributed by atoms with Gasteiger partial charge in [-0.05, 0) is 133 Å². The van der Waals surface area contributed by atoms with Crippen LogP contribution in [0, 0.1) is 6.92 Å². The first-order chi connectivity index (χ1) is 33.6. The number of nitrogens with zero attached hydrogens (tertiary/aromatic N) is 1. The third-order valence-corrected chi connectivity index (χ3v) is 15.4. The van der Waals surface area contributed by atoms with Gasteiger partial charge in [0.05, 0.1) is 11.1 Å². The molecule has 1 aliphatic carbocycles. The Hall–Kier alpha value is -8.30. The molecule has 1 unspecified atom stereocenters. The fraction of sp³-hybridized carbons (Fsp3) is 0.0303. The Bertz CT molecular complexity index is 3860. The highest BCUT2D eigenvalue weighted by molar-refractivity contribution is 7.25. The molecular weight excluding hydrogens is 839 g/mol. The van der Waals surface area contributed by atoms with Crippen LogP contribution < -0.4 is 4.90 Å². The summed E-state index contributed by atoms with van der Waals surface area (Å²) >= 11 is 1.87. The highest BCUT2D eigenvalue weighted by Crippen LogP contribution is 2.60. The van der Waals surface area contributed by atoms with Crippen LogP contribution in [0.1, 0.15) is 27.8 Å². The van der Waals surface area contributed by atoms with Gasteiger partial charge in [-0.15, -0.1) is 11.3 Å². The zero-order valence-corrected chi connectivity index (χ0v) is 38.4. The van der Waals surface area contributed by atoms with Crippen LogP contribution in [-0.2, 0) is 5.41 Å². The van der Waals surface area contributed by atoms with Gasteiger partial charge in [0.25, 0.3) is 0 Å². The second kappa shape index (κ2) is 16.2. The van der Waals surface area contributed by atoms with Crippen LogP contribution in [0.15, 0.2) is 255 Å². The monoisotopic (exact) mass is 883 g/mol. The van der Waals surface area contributed by atoms with Gasteiger partial charge in [0, 0.05) is 37.1 Å². The van der Waals surface area contributed by atoms with Crippen LogP contribution in [0.3, 0.4) is 0 Å². The minimum Gasteiger partial charge on any atom is -0.310 e. The van der Waals surface area contributed by atoms with Gasteiger partial charge in [0.15, 0.2) is 0 Å². The molecule has 12 aromatic rings. The van der Waals surface area contributed by atoms with Crippen LogP contribution in [0.4, 0.5) is 17.1 Å². The Balaban J connectivity index is 0.997. The van der Waals surface area contributed by atoms with Crippen molar-refractivity contribution >= 4 is 59.3 Å². The van der Waals surface area contributed by atoms with Gasteiger partial charge in [-0.1, -0.05) is 206 Å². The Morgan fingerprint density at radius 1 is 0.368 bits per heavy atom. The molecule has 0 bridgehead atoms. The number of hydrogen-bond acceptors (Lipinski definition) is 2. The van der Waals surface area contributed by atoms with Gasteiger partial charge in [0.1, 0.15) is 0 Å². The molecule has 0 spiro atoms. The maximum atomic E-state index is 2.48. The lowest BCUT2D eigenvalue weighted by molar-refractivity contribution is 0.761. The van der Waals surface area contributed by atoms with E-state index in [1.807, 2.05) is 11.3 Å². The highest BCUT2D eigenvalue weighted by Gasteiger charge is 2.48. The molecule has 1 heterocycles. The normalized spacial score (nSPS) is 14.0. The predicted molar refractivity (Wildman–Crippen MR) is 290 cm³/mol. The molecule has 1 nitrogen and oxygen atoms in total. The number of aryl methyl sites for hydroxylation is 1. The smallest absolute Gasteiger partial charge is 0.0716 e. The van der Waals surface area contributed by atoms with E-state index in [1.165, 1.54) is 103 Å². The Labute approximate surface area is 401 Å². The average Bonchev–Trinajstić information content (AvgIpc) is 3.94. The lowest BCUT2D eigenvalue weighted by Crippen LogP contribution is -2.29. The van der Waals surface area contributed by atoms with Crippen LogP contribution in [0.2, 0.25) is 0 Å². The summed E-state index contributed by atoms with van der Waals surface area (Å²) in [5, 5.41) is 5.15. The van der Waals surface area contributed by atoms with Crippen molar-refractivity contribution in [1.29, 1.82) is 0 Å². The summed E-state index contributed by atoms with van der Waals surface area (Å²) in [5.41, 5.74) is 19.0. The first-order valence-electron chi connectivity index (χ1n) is 23.5. The summed E-state index contributed by atoms with van der Waals surface area (Å²) in [7, 11) is 0. The number of rotatable bonds is 8. The van der Waals surface area contributed by atoms with Crippen LogP contribution in [0.25, 0.3) is 75.5 Å². The summed E-state index contributed by atoms with van der Waals surface area (Å²) in [5.74, 6) is 0. The summed E-state index contributed by atoms with van der Waals surface area (Å²) < 4.78 is 2.63. The largest absolute Gasteiger partial charge is 0.310 e. The fourth-order valence-electron chi connectivity index (χ4n) is 11.3. The lowest BCUT2D eigenvalue weighted by atomic mass is 9.66. The molecule has 1 atom stereocenters. The van der Waals surface area contributed by atoms with E-state index in [-0.39, 0.29) is 0 Å². The van der Waals surface area contributed by atoms with E-state index in [1.54, 1.807) is 0 Å². The van der Waals surface area contributed by atoms with Crippen molar-refractivity contribution in [1.82, 2.24) is 0 Å². The Morgan fingerprint density at radius 2 is 0.941 bits per heavy atom. The van der Waals surface area contributed by atoms with E-state index in [9.17, 15) is 0 Å². The zero-order valence-electron chi connectivity index (χ0n) is 37.6. The summed E-state index contributed by atoms with van der Waals surface area (Å²) in [6.45, 7) is 2.26. The van der Waals surface area contributed by atoms with Crippen molar-refractivity contribution in [3.05, 3.63) is 283 Å². The number of fused-ring (bicyclic) bond motifs is 7. The molecule has 320 valence electrons. The third-order valence-electron chi connectivity index (χ3n) is 14.3. The van der Waals surface area contributed by atoms with E-state index in [4.69, 9.17) is 0 Å². The van der Waals surface area contributed by atoms with Crippen LogP contribution in [0.5, 0.6) is 0 Å². The highest BCUT2D eigenvalue weighted by atomic mass is 32.1. The number of benzene rings is 11. The number of anilines is 3. The minimum atomic E-state index is -0.523. The molecule has 0 amide bonds. The first kappa shape index (κ1) is 40.0. The molecule has 1 aromatic heterocycles. The fourth-order valence-corrected chi connectivity index (χ4v) is 12.4. The molecule has 0 saturated heterocycles. The molecule has 13 rings (SSSR count). The zero-order chi connectivity index (χ0) is 45.2. The van der Waals surface area contributed by atoms with Gasteiger partial charge >= 0.3 is 0 Å². The summed E-state index contributed by atoms with van der Waals surface area (Å²) in [6.07, 6.45) is 0. The Kier molecular flexibility index (Phi) is 9.56. The molecule has 0 fully saturated rings. The predicted octanol–water partition coefficient (Wildman–Crippen LogP) is 18.4. The quantitative estimate of drug-likeness (QED) is 0.147. The van der Waals surface area contributed by atoms with E-state index in [0.29, 0.717) is 0 Å². The van der Waals surface area contributed by atoms with Crippen molar-refractivity contribution in [2.75, 3.05) is 4.90 Å². The Morgan fingerprint density at radius 3 is 1.76 bits per heavy atom. The standard InChI is InChI=1S/C66H45NS/c1-44-17-5-10-29-58(44)66(50-22-3-2-4-23-50)59-30-11-8-25-56(59)65-60(66)31-16-32-61(65)67(52-41-37-47(38-42-52)55-28-15-34-63-64(55)57-26-9-12-33-62(57)68-63)51-39-35-45(36-40-51)48-20-13-21-49(43-48)54-27-14-19-46-18-6-7-24-53(46)54/h2-43H,1H3. The second-order valence-corrected chi connectivity index (χ2v) is 19.1. The average molecular weight is 884 g/mol. The molecular formula is C66H45NS. The number of thiophene rings is 1. The van der Waals surface area contributed by atoms with Gasteiger partial charge < -0.3 is 4.90 Å². The molecule has 68 heavy (non-hydrogen) atoms. The van der Waals surface area contributed by atoms with Crippen molar-refractivity contribution in [3.63, 3.8) is 0 Å². The molecule has 1 aliphatic rings. The van der Waals surface area contributed by atoms with Crippen LogP contribution in [-0.4, -0.2) is 0 Å². The van der Waals surface area contributed by atoms with Crippen molar-refractivity contribution in [3.8, 4) is 44.5 Å². The maximum absolute atomic E-state index is 2.48. The van der Waals surface area contributed by atoms with Gasteiger partial charge in [0.2, 0.25) is 0 Å². The SMILES string of the molecule is Cc1ccccc1C1(c2ccccc2)c2ccccc2-c2c(N(c3ccc(-c4cccc(-c5cccc6ccccc56)c4)cc3)c3ccc(-c4cccc5sc6ccccc6c45)cc3)cccc21. The minimum absolute atomic E-state index is 0.523. The van der Waals surface area contributed by atoms with Crippen molar-refractivity contribution in [2.24, 2.45) is 0 Å². The summed E-state index contributed by atoms with van der Waals surface area (Å²) in [6, 6.07) is 94.3. The van der Waals surface area contributed by atoms with Crippen molar-refractivity contribution in [2.45, 2.75) is 12.3 Å². The maximum Gasteiger partial charge on any atom is 0.0716 e. The molecule has 0 radical (unpaired) electrons. The molecule has 2 heteroatoms. The summed E-state index contributed by atoms with van der Waals surface area (Å²) in [4.78, 5) is 2.48. The van der Waals surface area contributed by atoms with Gasteiger partial charge in [-0.3, -0.25) is 0 Å². The van der Waals surface area contributed by atoms with E-state index < -0.39 is 5.41 Å². The topological polar surface area (TPSA) is 3.24 Å². The molecule has 11 aromatic carbocycles. The van der Waals surface area contributed by atoms with Gasteiger partial charge in [-0.2, -0.15) is 0 Å². The lowest BCUT2D eigenvalue weighted by Gasteiger charge is -2.35. The van der Waals surface area contributed by atoms with Crippen LogP contribution >= 0.6 is 11.3 Å². The first-order valence-corrected chi connectivity index (χ1v) is 24.3. The number of hydrogen-bond donors (Lipinski definition) is 0. The molecule has 0 saturated carbocycles. The third kappa shape index (κ3) is 6.29. The molecule has 0 aliphatic heterocycles. The van der Waals surface area contributed by atoms with Gasteiger partial charge in [-0.25, -0.2) is 0 Å². The van der Waals surface area contributed by atoms with E-state index >= 15 is 0 Å². The van der Waals surface area contributed by atoms with E-state index in [0.717, 1.165) is 17.1 Å². The second-order valence-electron chi connectivity index (χ2n) is 18.0. The van der Waals surface area contributed by atoms with Crippen molar-refractivity contribution < 1.29 is 0 Å². The van der Waals surface area contributed by atoms with E-state index in [2.05, 4.69) is 267 Å². The molecule has 0 N–H and O–H groups in total.